The molecule has 0 N–H and O–H groups in total. The zero-order valence-electron chi connectivity index (χ0n) is 10.9. The lowest BCUT2D eigenvalue weighted by Crippen LogP contribution is -2.26. The van der Waals surface area contributed by atoms with Gasteiger partial charge in [-0.1, -0.05) is 31.9 Å². The summed E-state index contributed by atoms with van der Waals surface area (Å²) in [6.07, 6.45) is 0. The third-order valence-corrected chi connectivity index (χ3v) is 3.78. The lowest BCUT2D eigenvalue weighted by atomic mass is 10.2. The topological polar surface area (TPSA) is 63.5 Å². The van der Waals surface area contributed by atoms with Crippen LogP contribution in [0.2, 0.25) is 0 Å². The second-order valence-electron chi connectivity index (χ2n) is 4.30. The second kappa shape index (κ2) is 6.36. The Morgan fingerprint density at radius 2 is 1.62 bits per heavy atom. The molecule has 0 radical (unpaired) electrons. The van der Waals surface area contributed by atoms with Crippen molar-refractivity contribution in [3.8, 4) is 0 Å². The van der Waals surface area contributed by atoms with E-state index in [1.807, 2.05) is 6.07 Å². The maximum atomic E-state index is 12.4. The highest BCUT2D eigenvalue weighted by Crippen LogP contribution is 2.24. The number of benzene rings is 2. The molecular formula is C14H10Br2N2O3. The molecule has 0 unspecified atom stereocenters. The monoisotopic (exact) mass is 412 g/mol. The Labute approximate surface area is 138 Å². The number of carbonyl (C=O) groups excluding carboxylic acids is 1. The van der Waals surface area contributed by atoms with Crippen molar-refractivity contribution < 1.29 is 9.72 Å². The highest BCUT2D eigenvalue weighted by Gasteiger charge is 2.15. The number of anilines is 1. The van der Waals surface area contributed by atoms with Gasteiger partial charge in [-0.2, -0.15) is 0 Å². The van der Waals surface area contributed by atoms with Gasteiger partial charge in [0.2, 0.25) is 0 Å². The molecule has 108 valence electrons. The van der Waals surface area contributed by atoms with E-state index >= 15 is 0 Å². The summed E-state index contributed by atoms with van der Waals surface area (Å²) in [6.45, 7) is 0. The Kier molecular flexibility index (Phi) is 4.74. The molecule has 21 heavy (non-hydrogen) atoms. The molecule has 0 aromatic heterocycles. The Morgan fingerprint density at radius 3 is 2.10 bits per heavy atom. The third-order valence-electron chi connectivity index (χ3n) is 2.86. The summed E-state index contributed by atoms with van der Waals surface area (Å²) >= 11 is 6.67. The molecule has 0 bridgehead atoms. The van der Waals surface area contributed by atoms with E-state index in [1.54, 1.807) is 31.3 Å². The average Bonchev–Trinajstić information content (AvgIpc) is 2.44. The van der Waals surface area contributed by atoms with E-state index in [1.165, 1.54) is 17.0 Å². The summed E-state index contributed by atoms with van der Waals surface area (Å²) in [4.78, 5) is 24.0. The molecule has 2 rings (SSSR count). The summed E-state index contributed by atoms with van der Waals surface area (Å²) < 4.78 is 1.58. The first-order valence-corrected chi connectivity index (χ1v) is 7.45. The predicted molar refractivity (Wildman–Crippen MR) is 87.7 cm³/mol. The molecule has 0 heterocycles. The van der Waals surface area contributed by atoms with Gasteiger partial charge in [-0.3, -0.25) is 14.9 Å². The maximum Gasteiger partial charge on any atom is 0.269 e. The van der Waals surface area contributed by atoms with Crippen molar-refractivity contribution in [1.29, 1.82) is 0 Å². The summed E-state index contributed by atoms with van der Waals surface area (Å²) in [6, 6.07) is 11.1. The van der Waals surface area contributed by atoms with Crippen molar-refractivity contribution >= 4 is 49.1 Å². The second-order valence-corrected chi connectivity index (χ2v) is 6.13. The Balaban J connectivity index is 2.28. The summed E-state index contributed by atoms with van der Waals surface area (Å²) in [5.74, 6) is -0.203. The van der Waals surface area contributed by atoms with E-state index in [0.29, 0.717) is 11.3 Å². The fourth-order valence-electron chi connectivity index (χ4n) is 1.79. The number of nitro benzene ring substituents is 1. The first kappa shape index (κ1) is 15.7. The van der Waals surface area contributed by atoms with Crippen LogP contribution in [0, 0.1) is 10.1 Å². The minimum Gasteiger partial charge on any atom is -0.311 e. The number of carbonyl (C=O) groups is 1. The van der Waals surface area contributed by atoms with Gasteiger partial charge in [-0.05, 0) is 30.3 Å². The zero-order chi connectivity index (χ0) is 15.6. The van der Waals surface area contributed by atoms with E-state index in [9.17, 15) is 14.9 Å². The number of hydrogen-bond donors (Lipinski definition) is 0. The van der Waals surface area contributed by atoms with Crippen molar-refractivity contribution in [2.75, 3.05) is 11.9 Å². The molecule has 0 aliphatic heterocycles. The standard InChI is InChI=1S/C14H10Br2N2O3/c1-17(12-2-4-13(5-3-12)18(20)21)14(19)9-6-10(15)8-11(16)7-9/h2-8H,1H3. The highest BCUT2D eigenvalue weighted by molar-refractivity contribution is 9.11. The number of non-ortho nitro benzene ring substituents is 1. The number of nitro groups is 1. The molecule has 1 amide bonds. The third kappa shape index (κ3) is 3.68. The molecule has 0 saturated carbocycles. The van der Waals surface area contributed by atoms with Crippen LogP contribution < -0.4 is 4.90 Å². The van der Waals surface area contributed by atoms with E-state index in [0.717, 1.165) is 8.95 Å². The number of rotatable bonds is 3. The van der Waals surface area contributed by atoms with Crippen LogP contribution in [0.15, 0.2) is 51.4 Å². The summed E-state index contributed by atoms with van der Waals surface area (Å²) in [5, 5.41) is 10.6. The van der Waals surface area contributed by atoms with Crippen LogP contribution >= 0.6 is 31.9 Å². The van der Waals surface area contributed by atoms with E-state index in [-0.39, 0.29) is 11.6 Å². The minimum absolute atomic E-state index is 0.00945. The van der Waals surface area contributed by atoms with Crippen LogP contribution in [0.25, 0.3) is 0 Å². The molecule has 0 atom stereocenters. The molecule has 7 heteroatoms. The normalized spacial score (nSPS) is 10.2. The van der Waals surface area contributed by atoms with Crippen molar-refractivity contribution in [2.45, 2.75) is 0 Å². The van der Waals surface area contributed by atoms with Gasteiger partial charge < -0.3 is 4.90 Å². The van der Waals surface area contributed by atoms with Gasteiger partial charge in [0.15, 0.2) is 0 Å². The fourth-order valence-corrected chi connectivity index (χ4v) is 3.08. The van der Waals surface area contributed by atoms with Crippen molar-refractivity contribution in [3.63, 3.8) is 0 Å². The minimum atomic E-state index is -0.475. The molecule has 0 spiro atoms. The lowest BCUT2D eigenvalue weighted by molar-refractivity contribution is -0.384. The molecular weight excluding hydrogens is 404 g/mol. The average molecular weight is 414 g/mol. The van der Waals surface area contributed by atoms with E-state index in [4.69, 9.17) is 0 Å². The van der Waals surface area contributed by atoms with Gasteiger partial charge in [-0.25, -0.2) is 0 Å². The maximum absolute atomic E-state index is 12.4. The molecule has 5 nitrogen and oxygen atoms in total. The first-order chi connectivity index (χ1) is 9.88. The van der Waals surface area contributed by atoms with Gasteiger partial charge in [-0.15, -0.1) is 0 Å². The molecule has 2 aromatic rings. The van der Waals surface area contributed by atoms with Gasteiger partial charge >= 0.3 is 0 Å². The summed E-state index contributed by atoms with van der Waals surface area (Å²) in [5.41, 5.74) is 1.09. The van der Waals surface area contributed by atoms with Crippen LogP contribution in [0.4, 0.5) is 11.4 Å². The SMILES string of the molecule is CN(C(=O)c1cc(Br)cc(Br)c1)c1ccc([N+](=O)[O-])cc1. The van der Waals surface area contributed by atoms with Crippen molar-refractivity contribution in [2.24, 2.45) is 0 Å². The van der Waals surface area contributed by atoms with Crippen LogP contribution in [0.3, 0.4) is 0 Å². The molecule has 0 fully saturated rings. The van der Waals surface area contributed by atoms with Gasteiger partial charge in [0.25, 0.3) is 11.6 Å². The van der Waals surface area contributed by atoms with E-state index < -0.39 is 4.92 Å². The number of hydrogen-bond acceptors (Lipinski definition) is 3. The number of nitrogens with zero attached hydrogens (tertiary/aromatic N) is 2. The van der Waals surface area contributed by atoms with Crippen LogP contribution in [0.1, 0.15) is 10.4 Å². The van der Waals surface area contributed by atoms with Crippen molar-refractivity contribution in [1.82, 2.24) is 0 Å². The number of halogens is 2. The highest BCUT2D eigenvalue weighted by atomic mass is 79.9. The lowest BCUT2D eigenvalue weighted by Gasteiger charge is -2.17. The van der Waals surface area contributed by atoms with Crippen LogP contribution in [0.5, 0.6) is 0 Å². The smallest absolute Gasteiger partial charge is 0.269 e. The largest absolute Gasteiger partial charge is 0.311 e. The molecule has 2 aromatic carbocycles. The van der Waals surface area contributed by atoms with Crippen LogP contribution in [-0.2, 0) is 0 Å². The van der Waals surface area contributed by atoms with E-state index in [2.05, 4.69) is 31.9 Å². The quantitative estimate of drug-likeness (QED) is 0.553. The van der Waals surface area contributed by atoms with Gasteiger partial charge in [0, 0.05) is 39.4 Å². The Morgan fingerprint density at radius 1 is 1.10 bits per heavy atom. The Bertz CT molecular complexity index is 682. The predicted octanol–water partition coefficient (Wildman–Crippen LogP) is 4.40. The molecule has 0 aliphatic rings. The van der Waals surface area contributed by atoms with Crippen molar-refractivity contribution in [3.05, 3.63) is 67.1 Å². The number of amides is 1. The first-order valence-electron chi connectivity index (χ1n) is 5.87. The van der Waals surface area contributed by atoms with Crippen LogP contribution in [-0.4, -0.2) is 17.9 Å². The molecule has 0 saturated heterocycles. The Hall–Kier alpha value is -1.73. The van der Waals surface area contributed by atoms with Gasteiger partial charge in [0.05, 0.1) is 4.92 Å². The summed E-state index contributed by atoms with van der Waals surface area (Å²) in [7, 11) is 1.62. The molecule has 0 aliphatic carbocycles. The van der Waals surface area contributed by atoms with Gasteiger partial charge in [0.1, 0.15) is 0 Å². The fraction of sp³-hybridized carbons (Fsp3) is 0.0714. The zero-order valence-corrected chi connectivity index (χ0v) is 14.1.